The van der Waals surface area contributed by atoms with Crippen molar-refractivity contribution in [3.63, 3.8) is 0 Å². The number of aliphatic imine (C=N–C) groups is 1. The van der Waals surface area contributed by atoms with Crippen LogP contribution in [0, 0.1) is 5.41 Å². The number of methoxy groups -OCH3 is 1. The quantitative estimate of drug-likeness (QED) is 0.260. The number of hydrogen-bond acceptors (Lipinski definition) is 3. The molecule has 0 aromatic heterocycles. The van der Waals surface area contributed by atoms with Crippen LogP contribution < -0.4 is 5.32 Å². The van der Waals surface area contributed by atoms with E-state index in [2.05, 4.69) is 17.1 Å². The van der Waals surface area contributed by atoms with Crippen LogP contribution in [0.25, 0.3) is 0 Å². The molecule has 1 saturated heterocycles. The second kappa shape index (κ2) is 11.5. The number of likely N-dealkylation sites (tertiary alicyclic amines) is 1. The largest absolute Gasteiger partial charge is 0.382 e. The van der Waals surface area contributed by atoms with E-state index in [9.17, 15) is 0 Å². The Morgan fingerprint density at radius 1 is 1.17 bits per heavy atom. The smallest absolute Gasteiger partial charge is 0.193 e. The third kappa shape index (κ3) is 6.74. The van der Waals surface area contributed by atoms with Gasteiger partial charge in [-0.15, -0.1) is 24.0 Å². The van der Waals surface area contributed by atoms with Gasteiger partial charge in [0.15, 0.2) is 5.96 Å². The summed E-state index contributed by atoms with van der Waals surface area (Å²) in [7, 11) is 1.70. The molecule has 23 heavy (non-hydrogen) atoms. The molecule has 2 rings (SSSR count). The third-order valence-electron chi connectivity index (χ3n) is 4.88. The number of guanidine groups is 1. The van der Waals surface area contributed by atoms with E-state index in [0.717, 1.165) is 38.5 Å². The monoisotopic (exact) mass is 439 g/mol. The fraction of sp³-hybridized carbons (Fsp3) is 0.941. The SMILES string of the molecule is CCNC(=NCCCCOCCOC)N1CCC2(CCC2)C1.I. The summed E-state index contributed by atoms with van der Waals surface area (Å²) in [4.78, 5) is 7.27. The van der Waals surface area contributed by atoms with Crippen molar-refractivity contribution in [2.24, 2.45) is 10.4 Å². The maximum Gasteiger partial charge on any atom is 0.193 e. The highest BCUT2D eigenvalue weighted by atomic mass is 127. The number of halogens is 1. The summed E-state index contributed by atoms with van der Waals surface area (Å²) in [5.74, 6) is 1.12. The highest BCUT2D eigenvalue weighted by Crippen LogP contribution is 2.47. The maximum atomic E-state index is 5.48. The van der Waals surface area contributed by atoms with Crippen molar-refractivity contribution >= 4 is 29.9 Å². The lowest BCUT2D eigenvalue weighted by Gasteiger charge is -2.38. The van der Waals surface area contributed by atoms with Gasteiger partial charge < -0.3 is 19.7 Å². The zero-order valence-electron chi connectivity index (χ0n) is 14.8. The molecule has 1 spiro atoms. The van der Waals surface area contributed by atoms with Crippen LogP contribution in [0.5, 0.6) is 0 Å². The first-order valence-corrected chi connectivity index (χ1v) is 8.90. The summed E-state index contributed by atoms with van der Waals surface area (Å²) in [6.45, 7) is 8.54. The Morgan fingerprint density at radius 3 is 2.61 bits per heavy atom. The van der Waals surface area contributed by atoms with Crippen LogP contribution in [-0.2, 0) is 9.47 Å². The predicted molar refractivity (Wildman–Crippen MR) is 106 cm³/mol. The van der Waals surface area contributed by atoms with E-state index in [4.69, 9.17) is 14.5 Å². The van der Waals surface area contributed by atoms with E-state index in [-0.39, 0.29) is 24.0 Å². The summed E-state index contributed by atoms with van der Waals surface area (Å²) >= 11 is 0. The molecule has 1 saturated carbocycles. The lowest BCUT2D eigenvalue weighted by molar-refractivity contribution is 0.0690. The average molecular weight is 439 g/mol. The van der Waals surface area contributed by atoms with Crippen molar-refractivity contribution < 1.29 is 9.47 Å². The van der Waals surface area contributed by atoms with E-state index < -0.39 is 0 Å². The summed E-state index contributed by atoms with van der Waals surface area (Å²) in [6, 6.07) is 0. The molecule has 1 aliphatic heterocycles. The van der Waals surface area contributed by atoms with Crippen molar-refractivity contribution in [1.29, 1.82) is 0 Å². The van der Waals surface area contributed by atoms with Gasteiger partial charge in [-0.25, -0.2) is 0 Å². The fourth-order valence-corrected chi connectivity index (χ4v) is 3.37. The lowest BCUT2D eigenvalue weighted by Crippen LogP contribution is -2.42. The Hall–Kier alpha value is -0.0800. The van der Waals surface area contributed by atoms with E-state index in [0.29, 0.717) is 18.6 Å². The molecule has 0 unspecified atom stereocenters. The lowest BCUT2D eigenvalue weighted by atomic mass is 9.68. The molecule has 0 radical (unpaired) electrons. The zero-order chi connectivity index (χ0) is 15.7. The maximum absolute atomic E-state index is 5.48. The van der Waals surface area contributed by atoms with Crippen LogP contribution in [0.1, 0.15) is 45.4 Å². The number of nitrogens with zero attached hydrogens (tertiary/aromatic N) is 2. The molecule has 1 aliphatic carbocycles. The molecular weight excluding hydrogens is 405 g/mol. The van der Waals surface area contributed by atoms with Crippen molar-refractivity contribution in [2.75, 3.05) is 53.1 Å². The number of rotatable bonds is 9. The van der Waals surface area contributed by atoms with Crippen molar-refractivity contribution in [1.82, 2.24) is 10.2 Å². The standard InChI is InChI=1S/C17H33N3O2.HI/c1-3-18-16(19-10-4-5-12-22-14-13-21-2)20-11-9-17(15-20)7-6-8-17;/h3-15H2,1-2H3,(H,18,19);1H. The van der Waals surface area contributed by atoms with Gasteiger partial charge in [0.25, 0.3) is 0 Å². The van der Waals surface area contributed by atoms with Gasteiger partial charge in [0, 0.05) is 39.9 Å². The number of unbranched alkanes of at least 4 members (excludes halogenated alkanes) is 1. The van der Waals surface area contributed by atoms with Crippen molar-refractivity contribution in [3.8, 4) is 0 Å². The van der Waals surface area contributed by atoms with Crippen LogP contribution in [0.4, 0.5) is 0 Å². The molecule has 0 aromatic carbocycles. The molecule has 0 bridgehead atoms. The summed E-state index contributed by atoms with van der Waals surface area (Å²) in [5, 5.41) is 3.46. The average Bonchev–Trinajstić information content (AvgIpc) is 2.94. The molecule has 1 heterocycles. The normalized spacial score (nSPS) is 19.6. The Bertz CT molecular complexity index is 349. The van der Waals surface area contributed by atoms with Crippen LogP contribution in [0.15, 0.2) is 4.99 Å². The zero-order valence-corrected chi connectivity index (χ0v) is 17.1. The number of hydrogen-bond donors (Lipinski definition) is 1. The topological polar surface area (TPSA) is 46.1 Å². The molecule has 2 fully saturated rings. The Kier molecular flexibility index (Phi) is 10.5. The first-order valence-electron chi connectivity index (χ1n) is 8.90. The molecule has 1 N–H and O–H groups in total. The minimum Gasteiger partial charge on any atom is -0.382 e. The molecule has 0 atom stereocenters. The Labute approximate surface area is 158 Å². The minimum atomic E-state index is 0. The molecule has 136 valence electrons. The van der Waals surface area contributed by atoms with Crippen molar-refractivity contribution in [3.05, 3.63) is 0 Å². The van der Waals surface area contributed by atoms with Crippen molar-refractivity contribution in [2.45, 2.75) is 45.4 Å². The molecule has 6 heteroatoms. The fourth-order valence-electron chi connectivity index (χ4n) is 3.37. The molecule has 0 aromatic rings. The second-order valence-electron chi connectivity index (χ2n) is 6.57. The van der Waals surface area contributed by atoms with Crippen LogP contribution in [0.2, 0.25) is 0 Å². The predicted octanol–water partition coefficient (Wildman–Crippen LogP) is 2.89. The minimum absolute atomic E-state index is 0. The molecule has 0 amide bonds. The van der Waals surface area contributed by atoms with Gasteiger partial charge in [-0.1, -0.05) is 6.42 Å². The van der Waals surface area contributed by atoms with E-state index in [1.807, 2.05) is 0 Å². The van der Waals surface area contributed by atoms with E-state index in [1.54, 1.807) is 7.11 Å². The number of ether oxygens (including phenoxy) is 2. The first kappa shape index (κ1) is 21.0. The first-order chi connectivity index (χ1) is 10.8. The van der Waals surface area contributed by atoms with E-state index >= 15 is 0 Å². The van der Waals surface area contributed by atoms with Gasteiger partial charge >= 0.3 is 0 Å². The van der Waals surface area contributed by atoms with Gasteiger partial charge in [-0.05, 0) is 44.4 Å². The van der Waals surface area contributed by atoms with Gasteiger partial charge in [-0.3, -0.25) is 4.99 Å². The molecule has 5 nitrogen and oxygen atoms in total. The van der Waals surface area contributed by atoms with Crippen LogP contribution in [0.3, 0.4) is 0 Å². The van der Waals surface area contributed by atoms with Gasteiger partial charge in [0.05, 0.1) is 13.2 Å². The second-order valence-corrected chi connectivity index (χ2v) is 6.57. The van der Waals surface area contributed by atoms with E-state index in [1.165, 1.54) is 38.8 Å². The highest BCUT2D eigenvalue weighted by molar-refractivity contribution is 14.0. The highest BCUT2D eigenvalue weighted by Gasteiger charge is 2.43. The van der Waals surface area contributed by atoms with Gasteiger partial charge in [-0.2, -0.15) is 0 Å². The number of nitrogens with one attached hydrogen (secondary N) is 1. The summed E-state index contributed by atoms with van der Waals surface area (Å²) < 4.78 is 10.4. The summed E-state index contributed by atoms with van der Waals surface area (Å²) in [6.07, 6.45) is 7.76. The van der Waals surface area contributed by atoms with Crippen LogP contribution >= 0.6 is 24.0 Å². The Balaban J connectivity index is 0.00000264. The van der Waals surface area contributed by atoms with Crippen LogP contribution in [-0.4, -0.2) is 64.0 Å². The Morgan fingerprint density at radius 2 is 2.00 bits per heavy atom. The summed E-state index contributed by atoms with van der Waals surface area (Å²) in [5.41, 5.74) is 0.630. The molecule has 2 aliphatic rings. The molecular formula is C17H34IN3O2. The van der Waals surface area contributed by atoms with Gasteiger partial charge in [0.2, 0.25) is 0 Å². The van der Waals surface area contributed by atoms with Gasteiger partial charge in [0.1, 0.15) is 0 Å². The third-order valence-corrected chi connectivity index (χ3v) is 4.88.